The van der Waals surface area contributed by atoms with Gasteiger partial charge in [-0.1, -0.05) is 17.7 Å². The fraction of sp³-hybridized carbons (Fsp3) is 0.222. The van der Waals surface area contributed by atoms with E-state index in [1.54, 1.807) is 18.2 Å². The summed E-state index contributed by atoms with van der Waals surface area (Å²) in [5, 5.41) is 17.9. The highest BCUT2D eigenvalue weighted by Gasteiger charge is 2.06. The quantitative estimate of drug-likeness (QED) is 0.777. The first kappa shape index (κ1) is 10.0. The molecule has 0 spiro atoms. The van der Waals surface area contributed by atoms with Crippen LogP contribution in [-0.2, 0) is 17.8 Å². The average Bonchev–Trinajstić information content (AvgIpc) is 2.07. The van der Waals surface area contributed by atoms with E-state index in [0.29, 0.717) is 16.1 Å². The van der Waals surface area contributed by atoms with Gasteiger partial charge in [-0.05, 0) is 23.3 Å². The third-order valence-corrected chi connectivity index (χ3v) is 1.92. The van der Waals surface area contributed by atoms with Crippen molar-refractivity contribution in [1.29, 1.82) is 0 Å². The highest BCUT2D eigenvalue weighted by atomic mass is 35.5. The molecule has 0 unspecified atom stereocenters. The number of benzene rings is 1. The predicted octanol–water partition coefficient (Wildman–Crippen LogP) is 1.46. The number of aliphatic carboxylic acids is 1. The fourth-order valence-electron chi connectivity index (χ4n) is 1.08. The van der Waals surface area contributed by atoms with Crippen LogP contribution in [0.3, 0.4) is 0 Å². The van der Waals surface area contributed by atoms with Crippen molar-refractivity contribution in [3.05, 3.63) is 34.3 Å². The second kappa shape index (κ2) is 4.25. The maximum Gasteiger partial charge on any atom is 0.307 e. The average molecular weight is 201 g/mol. The summed E-state index contributed by atoms with van der Waals surface area (Å²) in [5.74, 6) is -0.919. The van der Waals surface area contributed by atoms with Crippen LogP contribution < -0.4 is 0 Å². The lowest BCUT2D eigenvalue weighted by atomic mass is 10.1. The summed E-state index contributed by atoms with van der Waals surface area (Å²) in [6.45, 7) is -0.191. The van der Waals surface area contributed by atoms with Crippen LogP contribution in [0.25, 0.3) is 0 Å². The molecule has 0 fully saturated rings. The lowest BCUT2D eigenvalue weighted by Gasteiger charge is -2.04. The number of halogens is 1. The lowest BCUT2D eigenvalue weighted by Crippen LogP contribution is -2.03. The van der Waals surface area contributed by atoms with Gasteiger partial charge in [-0.25, -0.2) is 0 Å². The summed E-state index contributed by atoms with van der Waals surface area (Å²) in [5.41, 5.74) is 1.16. The zero-order valence-electron chi connectivity index (χ0n) is 6.83. The molecule has 1 rings (SSSR count). The normalized spacial score (nSPS) is 10.0. The first-order valence-electron chi connectivity index (χ1n) is 3.73. The highest BCUT2D eigenvalue weighted by Crippen LogP contribution is 2.16. The van der Waals surface area contributed by atoms with Crippen molar-refractivity contribution in [2.45, 2.75) is 13.0 Å². The minimum absolute atomic E-state index is 0.0902. The van der Waals surface area contributed by atoms with Crippen LogP contribution in [0.4, 0.5) is 0 Å². The molecular formula is C9H9ClO3. The molecule has 2 N–H and O–H groups in total. The molecule has 70 valence electrons. The number of carboxylic acid groups (broad SMARTS) is 1. The van der Waals surface area contributed by atoms with Crippen molar-refractivity contribution in [3.63, 3.8) is 0 Å². The Morgan fingerprint density at radius 1 is 1.38 bits per heavy atom. The molecule has 4 heteroatoms. The summed E-state index contributed by atoms with van der Waals surface area (Å²) < 4.78 is 0. The first-order chi connectivity index (χ1) is 6.13. The van der Waals surface area contributed by atoms with Crippen molar-refractivity contribution >= 4 is 17.6 Å². The van der Waals surface area contributed by atoms with Crippen molar-refractivity contribution < 1.29 is 15.0 Å². The molecular weight excluding hydrogens is 192 g/mol. The maximum atomic E-state index is 10.4. The Morgan fingerprint density at radius 3 is 2.62 bits per heavy atom. The summed E-state index contributed by atoms with van der Waals surface area (Å²) in [7, 11) is 0. The van der Waals surface area contributed by atoms with Gasteiger partial charge in [-0.15, -0.1) is 0 Å². The van der Waals surface area contributed by atoms with E-state index in [1.807, 2.05) is 0 Å². The maximum absolute atomic E-state index is 10.4. The predicted molar refractivity (Wildman–Crippen MR) is 48.7 cm³/mol. The molecule has 1 aromatic rings. The van der Waals surface area contributed by atoms with Crippen molar-refractivity contribution in [2.75, 3.05) is 0 Å². The van der Waals surface area contributed by atoms with E-state index in [-0.39, 0.29) is 13.0 Å². The number of aliphatic hydroxyl groups is 1. The van der Waals surface area contributed by atoms with E-state index in [2.05, 4.69) is 0 Å². The number of aliphatic hydroxyl groups excluding tert-OH is 1. The smallest absolute Gasteiger partial charge is 0.307 e. The molecule has 0 saturated carbocycles. The van der Waals surface area contributed by atoms with Crippen LogP contribution in [0.5, 0.6) is 0 Å². The number of hydrogen-bond acceptors (Lipinski definition) is 2. The third-order valence-electron chi connectivity index (χ3n) is 1.68. The zero-order valence-corrected chi connectivity index (χ0v) is 7.58. The van der Waals surface area contributed by atoms with Gasteiger partial charge in [-0.2, -0.15) is 0 Å². The molecule has 0 aliphatic heterocycles. The van der Waals surface area contributed by atoms with E-state index >= 15 is 0 Å². The van der Waals surface area contributed by atoms with Gasteiger partial charge in [0.1, 0.15) is 0 Å². The Balaban J connectivity index is 2.99. The molecule has 0 atom stereocenters. The summed E-state index contributed by atoms with van der Waals surface area (Å²) in [4.78, 5) is 10.4. The molecule has 0 amide bonds. The summed E-state index contributed by atoms with van der Waals surface area (Å²) in [6, 6.07) is 4.79. The Morgan fingerprint density at radius 2 is 2.08 bits per heavy atom. The van der Waals surface area contributed by atoms with Crippen LogP contribution in [-0.4, -0.2) is 16.2 Å². The summed E-state index contributed by atoms with van der Waals surface area (Å²) in [6.07, 6.45) is -0.0902. The largest absolute Gasteiger partial charge is 0.481 e. The van der Waals surface area contributed by atoms with Gasteiger partial charge >= 0.3 is 5.97 Å². The SMILES string of the molecule is O=C(O)Cc1ccc(Cl)cc1CO. The van der Waals surface area contributed by atoms with Crippen LogP contribution in [0, 0.1) is 0 Å². The monoisotopic (exact) mass is 200 g/mol. The Bertz CT molecular complexity index is 323. The van der Waals surface area contributed by atoms with Crippen LogP contribution in [0.2, 0.25) is 5.02 Å². The Labute approximate surface area is 80.6 Å². The first-order valence-corrected chi connectivity index (χ1v) is 4.11. The number of hydrogen-bond donors (Lipinski definition) is 2. The molecule has 0 bridgehead atoms. The highest BCUT2D eigenvalue weighted by molar-refractivity contribution is 6.30. The van der Waals surface area contributed by atoms with Gasteiger partial charge in [0, 0.05) is 5.02 Å². The molecule has 0 heterocycles. The number of rotatable bonds is 3. The van der Waals surface area contributed by atoms with Crippen molar-refractivity contribution in [3.8, 4) is 0 Å². The molecule has 3 nitrogen and oxygen atoms in total. The third kappa shape index (κ3) is 2.72. The van der Waals surface area contributed by atoms with Gasteiger partial charge in [0.15, 0.2) is 0 Å². The molecule has 0 aliphatic rings. The second-order valence-corrected chi connectivity index (χ2v) is 3.08. The molecule has 0 saturated heterocycles. The lowest BCUT2D eigenvalue weighted by molar-refractivity contribution is -0.136. The van der Waals surface area contributed by atoms with Crippen LogP contribution in [0.15, 0.2) is 18.2 Å². The minimum Gasteiger partial charge on any atom is -0.481 e. The van der Waals surface area contributed by atoms with E-state index < -0.39 is 5.97 Å². The number of carbonyl (C=O) groups is 1. The van der Waals surface area contributed by atoms with Gasteiger partial charge < -0.3 is 10.2 Å². The second-order valence-electron chi connectivity index (χ2n) is 2.64. The molecule has 0 radical (unpaired) electrons. The Kier molecular flexibility index (Phi) is 3.28. The van der Waals surface area contributed by atoms with Crippen LogP contribution in [0.1, 0.15) is 11.1 Å². The summed E-state index contributed by atoms with van der Waals surface area (Å²) >= 11 is 5.67. The molecule has 13 heavy (non-hydrogen) atoms. The zero-order chi connectivity index (χ0) is 9.84. The fourth-order valence-corrected chi connectivity index (χ4v) is 1.27. The van der Waals surface area contributed by atoms with E-state index in [4.69, 9.17) is 21.8 Å². The van der Waals surface area contributed by atoms with E-state index in [9.17, 15) is 4.79 Å². The Hall–Kier alpha value is -1.06. The van der Waals surface area contributed by atoms with Gasteiger partial charge in [0.2, 0.25) is 0 Å². The van der Waals surface area contributed by atoms with Crippen LogP contribution >= 0.6 is 11.6 Å². The molecule has 0 aliphatic carbocycles. The van der Waals surface area contributed by atoms with E-state index in [0.717, 1.165) is 0 Å². The van der Waals surface area contributed by atoms with Gasteiger partial charge in [0.25, 0.3) is 0 Å². The standard InChI is InChI=1S/C9H9ClO3/c10-8-2-1-6(4-9(12)13)7(3-8)5-11/h1-3,11H,4-5H2,(H,12,13). The van der Waals surface area contributed by atoms with Gasteiger partial charge in [0.05, 0.1) is 13.0 Å². The van der Waals surface area contributed by atoms with E-state index in [1.165, 1.54) is 0 Å². The van der Waals surface area contributed by atoms with Crippen molar-refractivity contribution in [1.82, 2.24) is 0 Å². The van der Waals surface area contributed by atoms with Crippen molar-refractivity contribution in [2.24, 2.45) is 0 Å². The molecule has 1 aromatic carbocycles. The van der Waals surface area contributed by atoms with Gasteiger partial charge in [-0.3, -0.25) is 4.79 Å². The topological polar surface area (TPSA) is 57.5 Å². The molecule has 0 aromatic heterocycles. The minimum atomic E-state index is -0.919. The number of carboxylic acids is 1.